The van der Waals surface area contributed by atoms with Crippen molar-refractivity contribution in [1.82, 2.24) is 9.13 Å². The van der Waals surface area contributed by atoms with Gasteiger partial charge in [-0.2, -0.15) is 0 Å². The van der Waals surface area contributed by atoms with Crippen molar-refractivity contribution >= 4 is 77.7 Å². The summed E-state index contributed by atoms with van der Waals surface area (Å²) in [6, 6.07) is 145. The molecule has 0 aliphatic carbocycles. The van der Waals surface area contributed by atoms with Gasteiger partial charge in [0.05, 0.1) is 22.1 Å². The molecule has 0 unspecified atom stereocenters. The van der Waals surface area contributed by atoms with E-state index in [-0.39, 0.29) is 0 Å². The van der Waals surface area contributed by atoms with E-state index in [0.717, 1.165) is 56.6 Å². The van der Waals surface area contributed by atoms with Crippen LogP contribution >= 0.6 is 0 Å². The number of aromatic nitrogens is 2. The average Bonchev–Trinajstić information content (AvgIpc) is 1.59. The van der Waals surface area contributed by atoms with Crippen molar-refractivity contribution < 1.29 is 0 Å². The summed E-state index contributed by atoms with van der Waals surface area (Å²) in [6.45, 7) is 0. The van der Waals surface area contributed by atoms with Crippen molar-refractivity contribution in [2.24, 2.45) is 0 Å². The molecule has 4 heteroatoms. The van der Waals surface area contributed by atoms with Crippen LogP contribution in [0.3, 0.4) is 0 Å². The van der Waals surface area contributed by atoms with E-state index in [1.807, 2.05) is 0 Å². The predicted octanol–water partition coefficient (Wildman–Crippen LogP) is 26.5. The van der Waals surface area contributed by atoms with Crippen LogP contribution in [0.2, 0.25) is 0 Å². The molecule has 0 atom stereocenters. The number of fused-ring (bicyclic) bond motifs is 6. The maximum absolute atomic E-state index is 2.38. The van der Waals surface area contributed by atoms with Gasteiger partial charge in [0.2, 0.25) is 0 Å². The second-order valence-electron chi connectivity index (χ2n) is 25.7. The SMILES string of the molecule is c1ccc(-c2ccc(N(c3ccc(-c4ccc(-c5ccc(-c6ccc(-c7ccc(N(c8ccccc8)c8ccc(-c9cccc(-n%10c%11ccccc%11c%11ccccc%11%10)c9)cc8)cc7)cc6)cc5)cc4)cc3)c3ccc(-c4cccc(-n5c6ccccc6c6ccccc65)c4)cc3)cc2)cc1. The van der Waals surface area contributed by atoms with E-state index < -0.39 is 0 Å². The Balaban J connectivity index is 0.556. The summed E-state index contributed by atoms with van der Waals surface area (Å²) in [5.74, 6) is 0. The average molecular weight is 1280 g/mol. The van der Waals surface area contributed by atoms with E-state index in [0.29, 0.717) is 0 Å². The maximum Gasteiger partial charge on any atom is 0.0541 e. The molecule has 2 aromatic heterocycles. The molecule has 0 aliphatic heterocycles. The Kier molecular flexibility index (Phi) is 15.2. The minimum absolute atomic E-state index is 1.08. The van der Waals surface area contributed by atoms with Gasteiger partial charge in [0.25, 0.3) is 0 Å². The van der Waals surface area contributed by atoms with Gasteiger partial charge in [-0.25, -0.2) is 0 Å². The molecule has 0 fully saturated rings. The molecule has 100 heavy (non-hydrogen) atoms. The number of rotatable bonds is 15. The molecule has 0 amide bonds. The third kappa shape index (κ3) is 11.2. The third-order valence-corrected chi connectivity index (χ3v) is 19.8. The first-order valence-corrected chi connectivity index (χ1v) is 34.3. The van der Waals surface area contributed by atoms with E-state index in [9.17, 15) is 0 Å². The van der Waals surface area contributed by atoms with Crippen molar-refractivity contribution in [3.05, 3.63) is 400 Å². The summed E-state index contributed by atoms with van der Waals surface area (Å²) in [7, 11) is 0. The predicted molar refractivity (Wildman–Crippen MR) is 423 cm³/mol. The lowest BCUT2D eigenvalue weighted by Crippen LogP contribution is -2.09. The minimum Gasteiger partial charge on any atom is -0.311 e. The lowest BCUT2D eigenvalue weighted by molar-refractivity contribution is 1.18. The monoisotopic (exact) mass is 1270 g/mol. The molecular formula is C96H66N4. The lowest BCUT2D eigenvalue weighted by Gasteiger charge is -2.26. The fraction of sp³-hybridized carbons (Fsp3) is 0. The number of nitrogens with zero attached hydrogens (tertiary/aromatic N) is 4. The summed E-state index contributed by atoms with van der Waals surface area (Å²) in [5.41, 5.74) is 30.1. The molecule has 0 N–H and O–H groups in total. The second-order valence-corrected chi connectivity index (χ2v) is 25.7. The van der Waals surface area contributed by atoms with Crippen molar-refractivity contribution in [2.45, 2.75) is 0 Å². The van der Waals surface area contributed by atoms with Gasteiger partial charge < -0.3 is 18.9 Å². The zero-order valence-corrected chi connectivity index (χ0v) is 54.9. The van der Waals surface area contributed by atoms with Crippen LogP contribution in [0.1, 0.15) is 0 Å². The molecule has 0 bridgehead atoms. The largest absolute Gasteiger partial charge is 0.311 e. The molecule has 0 saturated heterocycles. The van der Waals surface area contributed by atoms with Crippen LogP contribution in [-0.2, 0) is 0 Å². The van der Waals surface area contributed by atoms with Gasteiger partial charge in [-0.3, -0.25) is 0 Å². The van der Waals surface area contributed by atoms with Crippen LogP contribution in [0.25, 0.3) is 133 Å². The molecular weight excluding hydrogens is 1210 g/mol. The molecule has 0 spiro atoms. The Morgan fingerprint density at radius 3 is 0.600 bits per heavy atom. The second kappa shape index (κ2) is 25.7. The molecule has 18 aromatic rings. The first-order valence-electron chi connectivity index (χ1n) is 34.3. The highest BCUT2D eigenvalue weighted by Gasteiger charge is 2.19. The first kappa shape index (κ1) is 59.2. The summed E-state index contributed by atoms with van der Waals surface area (Å²) in [5, 5.41) is 5.04. The van der Waals surface area contributed by atoms with Crippen molar-refractivity contribution in [1.29, 1.82) is 0 Å². The van der Waals surface area contributed by atoms with E-state index in [2.05, 4.69) is 419 Å². The molecule has 470 valence electrons. The zero-order valence-electron chi connectivity index (χ0n) is 54.9. The van der Waals surface area contributed by atoms with E-state index in [1.165, 1.54) is 110 Å². The van der Waals surface area contributed by atoms with E-state index in [1.54, 1.807) is 0 Å². The fourth-order valence-corrected chi connectivity index (χ4v) is 14.7. The van der Waals surface area contributed by atoms with Crippen molar-refractivity contribution in [3.8, 4) is 89.3 Å². The Labute approximate surface area is 582 Å². The number of benzene rings is 16. The van der Waals surface area contributed by atoms with Gasteiger partial charge in [0.15, 0.2) is 0 Å². The van der Waals surface area contributed by atoms with Crippen LogP contribution in [0.5, 0.6) is 0 Å². The van der Waals surface area contributed by atoms with Crippen LogP contribution in [0.15, 0.2) is 400 Å². The Morgan fingerprint density at radius 2 is 0.330 bits per heavy atom. The van der Waals surface area contributed by atoms with Crippen LogP contribution < -0.4 is 9.80 Å². The standard InChI is InChI=1S/C96H66N4/c1-3-17-67(18-4-1)74-45-55-84(56-46-74)98(86-63-53-78(54-64-86)80-20-16-24-88(66-80)100-95-31-13-9-27-91(95)92-28-10-14-32-96(92)100)85-59-49-76(50-60-85)73-43-39-71(40-44-73)69-35-33-68(34-36-69)70-37-41-72(42-38-70)75-47-57-82(58-48-75)97(81-21-5-2-6-22-81)83-61-51-77(52-62-83)79-19-15-23-87(65-79)99-93-29-11-7-25-89(93)90-26-8-12-30-94(90)99/h1-66H. The fourth-order valence-electron chi connectivity index (χ4n) is 14.7. The normalized spacial score (nSPS) is 11.4. The quantitative estimate of drug-likeness (QED) is 0.102. The molecule has 0 radical (unpaired) electrons. The van der Waals surface area contributed by atoms with E-state index in [4.69, 9.17) is 0 Å². The van der Waals surface area contributed by atoms with Gasteiger partial charge in [-0.15, -0.1) is 0 Å². The molecule has 0 saturated carbocycles. The maximum atomic E-state index is 2.38. The Bertz CT molecular complexity index is 5830. The third-order valence-electron chi connectivity index (χ3n) is 19.8. The van der Waals surface area contributed by atoms with Gasteiger partial charge in [0.1, 0.15) is 0 Å². The number of hydrogen-bond acceptors (Lipinski definition) is 2. The molecule has 2 heterocycles. The Hall–Kier alpha value is -13.3. The summed E-state index contributed by atoms with van der Waals surface area (Å²) in [6.07, 6.45) is 0. The summed E-state index contributed by atoms with van der Waals surface area (Å²) < 4.78 is 4.77. The van der Waals surface area contributed by atoms with Gasteiger partial charge in [-0.1, -0.05) is 279 Å². The van der Waals surface area contributed by atoms with Crippen LogP contribution in [0, 0.1) is 0 Å². The smallest absolute Gasteiger partial charge is 0.0541 e. The highest BCUT2D eigenvalue weighted by Crippen LogP contribution is 2.42. The highest BCUT2D eigenvalue weighted by atomic mass is 15.1. The van der Waals surface area contributed by atoms with Crippen molar-refractivity contribution in [2.75, 3.05) is 9.80 Å². The minimum atomic E-state index is 1.08. The molecule has 4 nitrogen and oxygen atoms in total. The lowest BCUT2D eigenvalue weighted by atomic mass is 9.97. The highest BCUT2D eigenvalue weighted by molar-refractivity contribution is 6.10. The molecule has 16 aromatic carbocycles. The van der Waals surface area contributed by atoms with Crippen LogP contribution in [0.4, 0.5) is 34.1 Å². The number of hydrogen-bond donors (Lipinski definition) is 0. The number of para-hydroxylation sites is 5. The molecule has 0 aliphatic rings. The topological polar surface area (TPSA) is 16.3 Å². The van der Waals surface area contributed by atoms with E-state index >= 15 is 0 Å². The molecule has 18 rings (SSSR count). The summed E-state index contributed by atoms with van der Waals surface area (Å²) in [4.78, 5) is 4.68. The van der Waals surface area contributed by atoms with Crippen LogP contribution in [-0.4, -0.2) is 9.13 Å². The van der Waals surface area contributed by atoms with Gasteiger partial charge >= 0.3 is 0 Å². The van der Waals surface area contributed by atoms with Gasteiger partial charge in [-0.05, 0) is 199 Å². The first-order chi connectivity index (χ1) is 49.6. The zero-order chi connectivity index (χ0) is 66.3. The van der Waals surface area contributed by atoms with Crippen molar-refractivity contribution in [3.63, 3.8) is 0 Å². The van der Waals surface area contributed by atoms with Gasteiger partial charge in [0, 0.05) is 67.0 Å². The summed E-state index contributed by atoms with van der Waals surface area (Å²) >= 11 is 0. The Morgan fingerprint density at radius 1 is 0.140 bits per heavy atom. The number of anilines is 6.